The first kappa shape index (κ1) is 7.12. The summed E-state index contributed by atoms with van der Waals surface area (Å²) in [5, 5.41) is 8.54. The van der Waals surface area contributed by atoms with E-state index in [2.05, 4.69) is 0 Å². The zero-order valence-electron chi connectivity index (χ0n) is 5.79. The molecule has 0 spiro atoms. The van der Waals surface area contributed by atoms with Crippen LogP contribution in [0.15, 0.2) is 12.3 Å². The Morgan fingerprint density at radius 1 is 1.50 bits per heavy atom. The van der Waals surface area contributed by atoms with Crippen molar-refractivity contribution in [3.8, 4) is 0 Å². The third kappa shape index (κ3) is 1.76. The van der Waals surface area contributed by atoms with E-state index in [1.807, 2.05) is 6.08 Å². The maximum Gasteiger partial charge on any atom is 0.411 e. The van der Waals surface area contributed by atoms with Gasteiger partial charge in [0.05, 0.1) is 0 Å². The summed E-state index contributed by atoms with van der Waals surface area (Å²) in [5.74, 6) is 0. The molecule has 1 heterocycles. The molecule has 0 aromatic rings. The number of allylic oxidation sites excluding steroid dienone is 1. The summed E-state index contributed by atoms with van der Waals surface area (Å²) >= 11 is 0. The molecule has 1 amide bonds. The van der Waals surface area contributed by atoms with Crippen LogP contribution < -0.4 is 0 Å². The Morgan fingerprint density at radius 2 is 2.30 bits per heavy atom. The summed E-state index contributed by atoms with van der Waals surface area (Å²) in [7, 11) is 0. The van der Waals surface area contributed by atoms with Crippen molar-refractivity contribution in [2.75, 3.05) is 6.54 Å². The van der Waals surface area contributed by atoms with E-state index >= 15 is 0 Å². The van der Waals surface area contributed by atoms with Gasteiger partial charge in [0, 0.05) is 12.7 Å². The van der Waals surface area contributed by atoms with Crippen LogP contribution in [-0.2, 0) is 0 Å². The summed E-state index contributed by atoms with van der Waals surface area (Å²) < 4.78 is 0. The van der Waals surface area contributed by atoms with Crippen LogP contribution in [0.2, 0.25) is 0 Å². The van der Waals surface area contributed by atoms with E-state index in [9.17, 15) is 4.79 Å². The van der Waals surface area contributed by atoms with Crippen LogP contribution in [0.5, 0.6) is 0 Å². The van der Waals surface area contributed by atoms with Crippen molar-refractivity contribution < 1.29 is 9.90 Å². The fourth-order valence-electron chi connectivity index (χ4n) is 0.980. The Hall–Kier alpha value is -0.990. The van der Waals surface area contributed by atoms with E-state index in [0.717, 1.165) is 19.3 Å². The lowest BCUT2D eigenvalue weighted by Gasteiger charge is -2.10. The summed E-state index contributed by atoms with van der Waals surface area (Å²) in [6, 6.07) is 0. The minimum Gasteiger partial charge on any atom is -0.465 e. The van der Waals surface area contributed by atoms with Gasteiger partial charge in [-0.2, -0.15) is 0 Å². The second-order valence-corrected chi connectivity index (χ2v) is 2.36. The maximum absolute atomic E-state index is 10.4. The topological polar surface area (TPSA) is 40.5 Å². The van der Waals surface area contributed by atoms with Gasteiger partial charge in [-0.1, -0.05) is 6.08 Å². The van der Waals surface area contributed by atoms with Gasteiger partial charge in [-0.05, 0) is 19.3 Å². The molecule has 0 unspecified atom stereocenters. The van der Waals surface area contributed by atoms with Gasteiger partial charge in [-0.3, -0.25) is 4.90 Å². The summed E-state index contributed by atoms with van der Waals surface area (Å²) in [4.78, 5) is 11.7. The Morgan fingerprint density at radius 3 is 3.00 bits per heavy atom. The van der Waals surface area contributed by atoms with Crippen LogP contribution in [0, 0.1) is 0 Å². The van der Waals surface area contributed by atoms with E-state index in [-0.39, 0.29) is 0 Å². The van der Waals surface area contributed by atoms with Crippen LogP contribution in [0.4, 0.5) is 4.79 Å². The SMILES string of the molecule is O=C(O)N1C=CCCCC1. The molecular weight excluding hydrogens is 130 g/mol. The third-order valence-corrected chi connectivity index (χ3v) is 1.55. The zero-order chi connectivity index (χ0) is 7.40. The zero-order valence-corrected chi connectivity index (χ0v) is 5.79. The van der Waals surface area contributed by atoms with Crippen LogP contribution >= 0.6 is 0 Å². The van der Waals surface area contributed by atoms with Crippen molar-refractivity contribution in [1.29, 1.82) is 0 Å². The molecule has 1 rings (SSSR count). The van der Waals surface area contributed by atoms with Gasteiger partial charge in [0.2, 0.25) is 0 Å². The van der Waals surface area contributed by atoms with Gasteiger partial charge in [0.25, 0.3) is 0 Å². The number of rotatable bonds is 0. The molecular formula is C7H11NO2. The van der Waals surface area contributed by atoms with E-state index in [4.69, 9.17) is 5.11 Å². The summed E-state index contributed by atoms with van der Waals surface area (Å²) in [6.45, 7) is 0.645. The van der Waals surface area contributed by atoms with E-state index < -0.39 is 6.09 Å². The van der Waals surface area contributed by atoms with Crippen LogP contribution in [-0.4, -0.2) is 22.6 Å². The minimum atomic E-state index is -0.849. The molecule has 1 N–H and O–H groups in total. The lowest BCUT2D eigenvalue weighted by atomic mass is 10.2. The molecule has 1 aliphatic heterocycles. The van der Waals surface area contributed by atoms with E-state index in [0.29, 0.717) is 6.54 Å². The first-order valence-corrected chi connectivity index (χ1v) is 3.47. The number of hydrogen-bond acceptors (Lipinski definition) is 1. The average molecular weight is 141 g/mol. The quantitative estimate of drug-likeness (QED) is 0.557. The Balaban J connectivity index is 2.49. The molecule has 1 aliphatic rings. The molecule has 3 nitrogen and oxygen atoms in total. The number of nitrogens with zero attached hydrogens (tertiary/aromatic N) is 1. The first-order valence-electron chi connectivity index (χ1n) is 3.47. The molecule has 0 aromatic carbocycles. The molecule has 0 saturated carbocycles. The van der Waals surface area contributed by atoms with Crippen molar-refractivity contribution in [2.45, 2.75) is 19.3 Å². The summed E-state index contributed by atoms with van der Waals surface area (Å²) in [6.07, 6.45) is 5.78. The molecule has 0 fully saturated rings. The average Bonchev–Trinajstić information content (AvgIpc) is 2.12. The van der Waals surface area contributed by atoms with Gasteiger partial charge in [0.15, 0.2) is 0 Å². The third-order valence-electron chi connectivity index (χ3n) is 1.55. The van der Waals surface area contributed by atoms with Crippen molar-refractivity contribution >= 4 is 6.09 Å². The Labute approximate surface area is 59.9 Å². The fraction of sp³-hybridized carbons (Fsp3) is 0.571. The van der Waals surface area contributed by atoms with Gasteiger partial charge in [-0.15, -0.1) is 0 Å². The predicted molar refractivity (Wildman–Crippen MR) is 37.7 cm³/mol. The number of amides is 1. The van der Waals surface area contributed by atoms with Crippen molar-refractivity contribution in [3.63, 3.8) is 0 Å². The number of hydrogen-bond donors (Lipinski definition) is 1. The minimum absolute atomic E-state index is 0.645. The largest absolute Gasteiger partial charge is 0.465 e. The standard InChI is InChI=1S/C7H11NO2/c9-7(10)8-5-3-1-2-4-6-8/h3,5H,1-2,4,6H2,(H,9,10). The molecule has 0 radical (unpaired) electrons. The molecule has 0 atom stereocenters. The predicted octanol–water partition coefficient (Wildman–Crippen LogP) is 1.66. The highest BCUT2D eigenvalue weighted by molar-refractivity contribution is 5.66. The van der Waals surface area contributed by atoms with Crippen LogP contribution in [0.25, 0.3) is 0 Å². The van der Waals surface area contributed by atoms with Gasteiger partial charge >= 0.3 is 6.09 Å². The smallest absolute Gasteiger partial charge is 0.411 e. The Kier molecular flexibility index (Phi) is 2.31. The molecule has 56 valence electrons. The maximum atomic E-state index is 10.4. The van der Waals surface area contributed by atoms with Gasteiger partial charge < -0.3 is 5.11 Å². The lowest BCUT2D eigenvalue weighted by molar-refractivity contribution is 0.163. The van der Waals surface area contributed by atoms with Gasteiger partial charge in [0.1, 0.15) is 0 Å². The highest BCUT2D eigenvalue weighted by Crippen LogP contribution is 2.06. The van der Waals surface area contributed by atoms with Crippen LogP contribution in [0.1, 0.15) is 19.3 Å². The van der Waals surface area contributed by atoms with Gasteiger partial charge in [-0.25, -0.2) is 4.79 Å². The number of carboxylic acid groups (broad SMARTS) is 1. The monoisotopic (exact) mass is 141 g/mol. The second-order valence-electron chi connectivity index (χ2n) is 2.36. The highest BCUT2D eigenvalue weighted by Gasteiger charge is 2.08. The van der Waals surface area contributed by atoms with Crippen LogP contribution in [0.3, 0.4) is 0 Å². The second kappa shape index (κ2) is 3.25. The molecule has 10 heavy (non-hydrogen) atoms. The summed E-state index contributed by atoms with van der Waals surface area (Å²) in [5.41, 5.74) is 0. The fourth-order valence-corrected chi connectivity index (χ4v) is 0.980. The molecule has 0 aliphatic carbocycles. The number of carbonyl (C=O) groups is 1. The van der Waals surface area contributed by atoms with Crippen molar-refractivity contribution in [2.24, 2.45) is 0 Å². The molecule has 0 bridgehead atoms. The van der Waals surface area contributed by atoms with Crippen molar-refractivity contribution in [1.82, 2.24) is 4.90 Å². The highest BCUT2D eigenvalue weighted by atomic mass is 16.4. The van der Waals surface area contributed by atoms with E-state index in [1.54, 1.807) is 6.20 Å². The van der Waals surface area contributed by atoms with Crippen molar-refractivity contribution in [3.05, 3.63) is 12.3 Å². The first-order chi connectivity index (χ1) is 4.80. The molecule has 3 heteroatoms. The molecule has 0 aromatic heterocycles. The molecule has 0 saturated heterocycles. The normalized spacial score (nSPS) is 18.6. The Bertz CT molecular complexity index is 154. The van der Waals surface area contributed by atoms with E-state index in [1.165, 1.54) is 4.90 Å². The lowest BCUT2D eigenvalue weighted by Crippen LogP contribution is -2.23.